The molecule has 0 aliphatic carbocycles. The number of hydrogen-bond donors (Lipinski definition) is 1. The van der Waals surface area contributed by atoms with Crippen molar-refractivity contribution in [1.29, 1.82) is 0 Å². The third-order valence-corrected chi connectivity index (χ3v) is 2.51. The van der Waals surface area contributed by atoms with Crippen molar-refractivity contribution in [3.05, 3.63) is 0 Å². The van der Waals surface area contributed by atoms with Crippen LogP contribution in [0.5, 0.6) is 0 Å². The molecule has 21 heavy (non-hydrogen) atoms. The second-order valence-corrected chi connectivity index (χ2v) is 4.20. The lowest BCUT2D eigenvalue weighted by molar-refractivity contribution is -0.385. The van der Waals surface area contributed by atoms with E-state index in [9.17, 15) is 44.3 Å². The Morgan fingerprint density at radius 2 is 1.43 bits per heavy atom. The van der Waals surface area contributed by atoms with Gasteiger partial charge in [0.15, 0.2) is 5.11 Å². The zero-order valence-electron chi connectivity index (χ0n) is 9.37. The fourth-order valence-corrected chi connectivity index (χ4v) is 1.47. The van der Waals surface area contributed by atoms with Gasteiger partial charge < -0.3 is 5.32 Å². The van der Waals surface area contributed by atoms with E-state index in [0.717, 1.165) is 0 Å². The van der Waals surface area contributed by atoms with Crippen molar-refractivity contribution in [2.24, 2.45) is 4.99 Å². The summed E-state index contributed by atoms with van der Waals surface area (Å²) in [5.74, 6) is -21.3. The van der Waals surface area contributed by atoms with Crippen molar-refractivity contribution in [2.75, 3.05) is 0 Å². The van der Waals surface area contributed by atoms with E-state index in [0.29, 0.717) is 0 Å². The van der Waals surface area contributed by atoms with E-state index >= 15 is 0 Å². The molecule has 1 aliphatic heterocycles. The van der Waals surface area contributed by atoms with Crippen LogP contribution in [0.4, 0.5) is 39.5 Å². The van der Waals surface area contributed by atoms with Gasteiger partial charge in [-0.3, -0.25) is 4.79 Å². The number of amides is 1. The maximum absolute atomic E-state index is 13.4. The van der Waals surface area contributed by atoms with Gasteiger partial charge in [0.1, 0.15) is 5.71 Å². The molecule has 13 heteroatoms. The van der Waals surface area contributed by atoms with E-state index < -0.39 is 47.1 Å². The van der Waals surface area contributed by atoms with Gasteiger partial charge >= 0.3 is 23.9 Å². The Balaban J connectivity index is 3.35. The number of hydrogen-bond acceptors (Lipinski definition) is 2. The normalized spacial score (nSPS) is 18.4. The molecule has 0 aromatic rings. The van der Waals surface area contributed by atoms with Gasteiger partial charge in [0.05, 0.1) is 6.42 Å². The van der Waals surface area contributed by atoms with Gasteiger partial charge in [0, 0.05) is 0 Å². The molecule has 1 amide bonds. The molecule has 1 heterocycles. The number of nitrogens with one attached hydrogen (secondary N) is 1. The molecule has 1 aliphatic rings. The first-order valence-electron chi connectivity index (χ1n) is 4.76. The summed E-state index contributed by atoms with van der Waals surface area (Å²) in [5.41, 5.74) is -2.18. The molecule has 1 N–H and O–H groups in total. The number of carbonyl (C=O) groups excluding carboxylic acids is 1. The zero-order valence-corrected chi connectivity index (χ0v) is 10.2. The molecule has 0 bridgehead atoms. The Bertz CT molecular complexity index is 510. The number of nitrogens with zero attached hydrogens (tertiary/aromatic N) is 1. The molecule has 0 fully saturated rings. The number of carbonyl (C=O) groups is 1. The molecular weight excluding hydrogens is 343 g/mol. The highest BCUT2D eigenvalue weighted by molar-refractivity contribution is 7.80. The lowest BCUT2D eigenvalue weighted by Crippen LogP contribution is -2.64. The summed E-state index contributed by atoms with van der Waals surface area (Å²) in [6.45, 7) is 0. The van der Waals surface area contributed by atoms with Crippen LogP contribution < -0.4 is 5.32 Å². The first-order chi connectivity index (χ1) is 9.14. The summed E-state index contributed by atoms with van der Waals surface area (Å²) < 4.78 is 114. The summed E-state index contributed by atoms with van der Waals surface area (Å²) in [5, 5.41) is 0.570. The van der Waals surface area contributed by atoms with Crippen LogP contribution in [-0.2, 0) is 4.79 Å². The predicted molar refractivity (Wildman–Crippen MR) is 53.7 cm³/mol. The lowest BCUT2D eigenvalue weighted by atomic mass is 9.97. The fourth-order valence-electron chi connectivity index (χ4n) is 1.24. The second-order valence-electron chi connectivity index (χ2n) is 3.81. The van der Waals surface area contributed by atoms with Gasteiger partial charge in [-0.25, -0.2) is 4.99 Å². The molecule has 3 nitrogen and oxygen atoms in total. The summed E-state index contributed by atoms with van der Waals surface area (Å²) in [6.07, 6.45) is -8.53. The van der Waals surface area contributed by atoms with Crippen molar-refractivity contribution in [3.63, 3.8) is 0 Å². The molecule has 0 atom stereocenters. The number of aliphatic imine (C=N–C) groups is 1. The van der Waals surface area contributed by atoms with Crippen LogP contribution in [0.2, 0.25) is 0 Å². The van der Waals surface area contributed by atoms with Crippen LogP contribution in [0.1, 0.15) is 6.42 Å². The van der Waals surface area contributed by atoms with E-state index in [1.54, 1.807) is 5.32 Å². The van der Waals surface area contributed by atoms with Crippen LogP contribution in [0.25, 0.3) is 0 Å². The molecule has 0 saturated heterocycles. The van der Waals surface area contributed by atoms with Crippen LogP contribution in [0.3, 0.4) is 0 Å². The molecule has 0 spiro atoms. The average molecular weight is 346 g/mol. The zero-order chi connectivity index (χ0) is 16.9. The minimum Gasteiger partial charge on any atom is -0.301 e. The monoisotopic (exact) mass is 346 g/mol. The van der Waals surface area contributed by atoms with Gasteiger partial charge in [-0.15, -0.1) is 0 Å². The quantitative estimate of drug-likeness (QED) is 0.631. The van der Waals surface area contributed by atoms with Gasteiger partial charge in [-0.2, -0.15) is 39.5 Å². The SMILES string of the molecule is O=C1CC(C(F)(F)C(F)(F)C(F)(F)C(F)(F)F)=NC(=S)N1. The second kappa shape index (κ2) is 4.81. The van der Waals surface area contributed by atoms with Crippen LogP contribution in [-0.4, -0.2) is 40.7 Å². The average Bonchev–Trinajstić information content (AvgIpc) is 2.25. The van der Waals surface area contributed by atoms with Crippen LogP contribution in [0.15, 0.2) is 4.99 Å². The maximum Gasteiger partial charge on any atom is 0.460 e. The van der Waals surface area contributed by atoms with Gasteiger partial charge in [-0.1, -0.05) is 0 Å². The van der Waals surface area contributed by atoms with E-state index in [1.165, 1.54) is 0 Å². The number of thiocarbonyl (C=S) groups is 1. The maximum atomic E-state index is 13.4. The predicted octanol–water partition coefficient (Wildman–Crippen LogP) is 2.70. The standard InChI is InChI=1S/C8H3F9N2OS/c9-5(10,2-1-3(20)19-4(21)18-2)6(11,12)7(13,14)8(15,16)17/h1H2,(H,19,20,21). The first kappa shape index (κ1) is 17.7. The van der Waals surface area contributed by atoms with Crippen LogP contribution >= 0.6 is 12.2 Å². The van der Waals surface area contributed by atoms with Gasteiger partial charge in [0.2, 0.25) is 5.91 Å². The lowest BCUT2D eigenvalue weighted by Gasteiger charge is -2.34. The van der Waals surface area contributed by atoms with Crippen molar-refractivity contribution in [1.82, 2.24) is 5.32 Å². The summed E-state index contributed by atoms with van der Waals surface area (Å²) in [6, 6.07) is 0. The minimum atomic E-state index is -7.04. The Hall–Kier alpha value is -1.40. The molecule has 1 rings (SSSR count). The van der Waals surface area contributed by atoms with Gasteiger partial charge in [-0.05, 0) is 12.2 Å². The Morgan fingerprint density at radius 1 is 0.952 bits per heavy atom. The minimum absolute atomic E-state index is 1.05. The molecule has 120 valence electrons. The van der Waals surface area contributed by atoms with Gasteiger partial charge in [0.25, 0.3) is 0 Å². The van der Waals surface area contributed by atoms with Crippen molar-refractivity contribution in [3.8, 4) is 0 Å². The molecule has 0 radical (unpaired) electrons. The summed E-state index contributed by atoms with van der Waals surface area (Å²) in [4.78, 5) is 13.4. The van der Waals surface area contributed by atoms with Crippen molar-refractivity contribution >= 4 is 28.9 Å². The highest BCUT2D eigenvalue weighted by atomic mass is 32.1. The number of alkyl halides is 9. The molecule has 0 unspecified atom stereocenters. The molecule has 0 aromatic heterocycles. The van der Waals surface area contributed by atoms with Crippen molar-refractivity contribution < 1.29 is 44.3 Å². The first-order valence-corrected chi connectivity index (χ1v) is 5.17. The Labute approximate surface area is 115 Å². The van der Waals surface area contributed by atoms with E-state index in [1.807, 2.05) is 0 Å². The largest absolute Gasteiger partial charge is 0.460 e. The third kappa shape index (κ3) is 2.70. The molecule has 0 saturated carbocycles. The number of rotatable bonds is 3. The summed E-state index contributed by atoms with van der Waals surface area (Å²) >= 11 is 4.11. The smallest absolute Gasteiger partial charge is 0.301 e. The number of halogens is 9. The molecule has 0 aromatic carbocycles. The summed E-state index contributed by atoms with van der Waals surface area (Å²) in [7, 11) is 0. The molecular formula is C8H3F9N2OS. The van der Waals surface area contributed by atoms with E-state index in [4.69, 9.17) is 0 Å². The van der Waals surface area contributed by atoms with E-state index in [-0.39, 0.29) is 0 Å². The highest BCUT2D eigenvalue weighted by Gasteiger charge is 2.82. The fraction of sp³-hybridized carbons (Fsp3) is 0.625. The topological polar surface area (TPSA) is 41.5 Å². The van der Waals surface area contributed by atoms with Crippen molar-refractivity contribution in [2.45, 2.75) is 30.4 Å². The third-order valence-electron chi connectivity index (χ3n) is 2.32. The Morgan fingerprint density at radius 3 is 1.81 bits per heavy atom. The van der Waals surface area contributed by atoms with Crippen LogP contribution in [0, 0.1) is 0 Å². The highest BCUT2D eigenvalue weighted by Crippen LogP contribution is 2.53. The van der Waals surface area contributed by atoms with E-state index in [2.05, 4.69) is 17.2 Å². The Kier molecular flexibility index (Phi) is 4.05.